The average Bonchev–Trinajstić information content (AvgIpc) is 2.64. The topological polar surface area (TPSA) is 46.2 Å². The molecule has 0 bridgehead atoms. The molecule has 0 atom stereocenters. The van der Waals surface area contributed by atoms with Gasteiger partial charge in [0.25, 0.3) is 0 Å². The fourth-order valence-electron chi connectivity index (χ4n) is 3.36. The van der Waals surface area contributed by atoms with Gasteiger partial charge in [-0.2, -0.15) is 0 Å². The lowest BCUT2D eigenvalue weighted by atomic mass is 9.88. The number of nitrogens with one attached hydrogen (secondary N) is 1. The van der Waals surface area contributed by atoms with Crippen LogP contribution < -0.4 is 5.32 Å². The van der Waals surface area contributed by atoms with Crippen molar-refractivity contribution in [3.05, 3.63) is 53.6 Å². The van der Waals surface area contributed by atoms with Gasteiger partial charge >= 0.3 is 0 Å². The van der Waals surface area contributed by atoms with Gasteiger partial charge in [0.2, 0.25) is 5.91 Å². The van der Waals surface area contributed by atoms with E-state index in [1.807, 2.05) is 42.5 Å². The highest BCUT2D eigenvalue weighted by Gasteiger charge is 2.21. The molecular weight excluding hydrogens is 298 g/mol. The fourth-order valence-corrected chi connectivity index (χ4v) is 3.36. The minimum atomic E-state index is 0.140. The molecule has 0 unspecified atom stereocenters. The summed E-state index contributed by atoms with van der Waals surface area (Å²) in [6, 6.07) is 13.5. The molecule has 3 heteroatoms. The molecule has 2 aromatic carbocycles. The lowest BCUT2D eigenvalue weighted by Crippen LogP contribution is -2.24. The lowest BCUT2D eigenvalue weighted by Gasteiger charge is -2.21. The highest BCUT2D eigenvalue weighted by Crippen LogP contribution is 2.29. The molecule has 124 valence electrons. The molecular formula is C21H23NO2. The quantitative estimate of drug-likeness (QED) is 0.806. The summed E-state index contributed by atoms with van der Waals surface area (Å²) in [5.41, 5.74) is 4.77. The normalized spacial score (nSPS) is 15.0. The number of amides is 1. The highest BCUT2D eigenvalue weighted by molar-refractivity contribution is 5.93. The van der Waals surface area contributed by atoms with Crippen molar-refractivity contribution >= 4 is 17.9 Å². The summed E-state index contributed by atoms with van der Waals surface area (Å²) in [4.78, 5) is 23.2. The van der Waals surface area contributed by atoms with Crippen LogP contribution in [0.2, 0.25) is 0 Å². The summed E-state index contributed by atoms with van der Waals surface area (Å²) >= 11 is 0. The lowest BCUT2D eigenvalue weighted by molar-refractivity contribution is -0.120. The van der Waals surface area contributed by atoms with E-state index in [-0.39, 0.29) is 11.8 Å². The zero-order valence-electron chi connectivity index (χ0n) is 14.0. The second-order valence-corrected chi connectivity index (χ2v) is 6.59. The van der Waals surface area contributed by atoms with Gasteiger partial charge in [-0.05, 0) is 48.6 Å². The maximum Gasteiger partial charge on any atom is 0.227 e. The summed E-state index contributed by atoms with van der Waals surface area (Å²) in [5.74, 6) is 0.288. The number of carbonyl (C=O) groups excluding carboxylic acids is 2. The van der Waals surface area contributed by atoms with Crippen LogP contribution in [0.3, 0.4) is 0 Å². The summed E-state index contributed by atoms with van der Waals surface area (Å²) < 4.78 is 0. The summed E-state index contributed by atoms with van der Waals surface area (Å²) in [6.45, 7) is 2.05. The van der Waals surface area contributed by atoms with Crippen molar-refractivity contribution in [2.24, 2.45) is 5.92 Å². The number of aldehydes is 1. The third-order valence-electron chi connectivity index (χ3n) is 4.84. The van der Waals surface area contributed by atoms with E-state index in [4.69, 9.17) is 0 Å². The van der Waals surface area contributed by atoms with E-state index in [0.29, 0.717) is 5.56 Å². The molecule has 2 aromatic rings. The van der Waals surface area contributed by atoms with Gasteiger partial charge in [-0.1, -0.05) is 49.6 Å². The highest BCUT2D eigenvalue weighted by atomic mass is 16.1. The van der Waals surface area contributed by atoms with Crippen LogP contribution >= 0.6 is 0 Å². The van der Waals surface area contributed by atoms with Gasteiger partial charge in [0, 0.05) is 17.2 Å². The minimum absolute atomic E-state index is 0.140. The molecule has 1 amide bonds. The van der Waals surface area contributed by atoms with E-state index in [0.717, 1.165) is 54.3 Å². The second-order valence-electron chi connectivity index (χ2n) is 6.59. The first-order valence-electron chi connectivity index (χ1n) is 8.64. The number of hydrogen-bond acceptors (Lipinski definition) is 2. The van der Waals surface area contributed by atoms with Crippen LogP contribution in [0.15, 0.2) is 42.5 Å². The molecule has 3 rings (SSSR count). The van der Waals surface area contributed by atoms with Crippen LogP contribution in [0.4, 0.5) is 5.69 Å². The first-order valence-corrected chi connectivity index (χ1v) is 8.64. The fraction of sp³-hybridized carbons (Fsp3) is 0.333. The Morgan fingerprint density at radius 3 is 2.42 bits per heavy atom. The van der Waals surface area contributed by atoms with Crippen molar-refractivity contribution in [2.45, 2.75) is 39.0 Å². The number of anilines is 1. The number of carbonyl (C=O) groups is 2. The Bertz CT molecular complexity index is 728. The van der Waals surface area contributed by atoms with Gasteiger partial charge in [0.05, 0.1) is 0 Å². The van der Waals surface area contributed by atoms with Crippen molar-refractivity contribution in [1.82, 2.24) is 0 Å². The van der Waals surface area contributed by atoms with Crippen LogP contribution in [-0.2, 0) is 4.79 Å². The molecule has 1 fully saturated rings. The molecule has 0 heterocycles. The largest absolute Gasteiger partial charge is 0.326 e. The van der Waals surface area contributed by atoms with Crippen molar-refractivity contribution in [2.75, 3.05) is 5.32 Å². The van der Waals surface area contributed by atoms with Crippen molar-refractivity contribution in [3.63, 3.8) is 0 Å². The average molecular weight is 321 g/mol. The number of aryl methyl sites for hydroxylation is 1. The van der Waals surface area contributed by atoms with Crippen LogP contribution in [0, 0.1) is 12.8 Å². The van der Waals surface area contributed by atoms with Crippen molar-refractivity contribution < 1.29 is 9.59 Å². The summed E-state index contributed by atoms with van der Waals surface area (Å²) in [5, 5.41) is 3.08. The number of hydrogen-bond donors (Lipinski definition) is 1. The molecule has 1 saturated carbocycles. The maximum absolute atomic E-state index is 12.4. The summed E-state index contributed by atoms with van der Waals surface area (Å²) in [6.07, 6.45) is 6.39. The van der Waals surface area contributed by atoms with E-state index < -0.39 is 0 Å². The molecule has 0 saturated heterocycles. The van der Waals surface area contributed by atoms with Crippen LogP contribution in [0.5, 0.6) is 0 Å². The van der Waals surface area contributed by atoms with Gasteiger partial charge in [-0.25, -0.2) is 0 Å². The van der Waals surface area contributed by atoms with Gasteiger partial charge in [0.15, 0.2) is 0 Å². The molecule has 3 nitrogen and oxygen atoms in total. The molecule has 0 aliphatic heterocycles. The predicted molar refractivity (Wildman–Crippen MR) is 97.2 cm³/mol. The molecule has 0 spiro atoms. The van der Waals surface area contributed by atoms with E-state index in [1.54, 1.807) is 0 Å². The van der Waals surface area contributed by atoms with Gasteiger partial charge in [-0.15, -0.1) is 0 Å². The molecule has 0 radical (unpaired) electrons. The first-order chi connectivity index (χ1) is 11.7. The SMILES string of the molecule is Cc1ccc(NC(=O)C2CCCCC2)cc1-c1ccc(C=O)cc1. The Morgan fingerprint density at radius 2 is 1.75 bits per heavy atom. The minimum Gasteiger partial charge on any atom is -0.326 e. The van der Waals surface area contributed by atoms with Crippen LogP contribution in [0.25, 0.3) is 11.1 Å². The smallest absolute Gasteiger partial charge is 0.227 e. The van der Waals surface area contributed by atoms with Gasteiger partial charge in [0.1, 0.15) is 6.29 Å². The van der Waals surface area contributed by atoms with Crippen molar-refractivity contribution in [1.29, 1.82) is 0 Å². The second kappa shape index (κ2) is 7.43. The Labute approximate surface area is 143 Å². The van der Waals surface area contributed by atoms with E-state index in [1.165, 1.54) is 6.42 Å². The van der Waals surface area contributed by atoms with Gasteiger partial charge in [-0.3, -0.25) is 9.59 Å². The number of rotatable bonds is 4. The maximum atomic E-state index is 12.4. The monoisotopic (exact) mass is 321 g/mol. The van der Waals surface area contributed by atoms with Gasteiger partial charge < -0.3 is 5.32 Å². The van der Waals surface area contributed by atoms with Crippen LogP contribution in [-0.4, -0.2) is 12.2 Å². The third kappa shape index (κ3) is 3.73. The molecule has 1 aliphatic carbocycles. The Hall–Kier alpha value is -2.42. The van der Waals surface area contributed by atoms with E-state index in [9.17, 15) is 9.59 Å². The third-order valence-corrected chi connectivity index (χ3v) is 4.84. The zero-order valence-corrected chi connectivity index (χ0v) is 14.0. The van der Waals surface area contributed by atoms with Crippen LogP contribution in [0.1, 0.15) is 48.0 Å². The molecule has 1 aliphatic rings. The molecule has 1 N–H and O–H groups in total. The zero-order chi connectivity index (χ0) is 16.9. The molecule has 0 aromatic heterocycles. The number of benzene rings is 2. The Balaban J connectivity index is 1.80. The van der Waals surface area contributed by atoms with E-state index >= 15 is 0 Å². The van der Waals surface area contributed by atoms with E-state index in [2.05, 4.69) is 12.2 Å². The summed E-state index contributed by atoms with van der Waals surface area (Å²) in [7, 11) is 0. The van der Waals surface area contributed by atoms with Crippen molar-refractivity contribution in [3.8, 4) is 11.1 Å². The first kappa shape index (κ1) is 16.4. The molecule has 24 heavy (non-hydrogen) atoms. The Morgan fingerprint density at radius 1 is 1.04 bits per heavy atom. The Kier molecular flexibility index (Phi) is 5.09. The standard InChI is InChI=1S/C21H23NO2/c1-15-7-12-19(22-21(24)18-5-3-2-4-6-18)13-20(15)17-10-8-16(14-23)9-11-17/h7-14,18H,2-6H2,1H3,(H,22,24). The predicted octanol–water partition coefficient (Wildman–Crippen LogP) is 4.99.